The second kappa shape index (κ2) is 10.1. The van der Waals surface area contributed by atoms with E-state index in [0.29, 0.717) is 61.3 Å². The Morgan fingerprint density at radius 3 is 2.51 bits per heavy atom. The van der Waals surface area contributed by atoms with Crippen molar-refractivity contribution in [2.75, 3.05) is 37.7 Å². The van der Waals surface area contributed by atoms with Crippen LogP contribution in [0.3, 0.4) is 0 Å². The first-order valence-electron chi connectivity index (χ1n) is 12.0. The maximum Gasteiger partial charge on any atom is 0.416 e. The average molecular weight is 507 g/mol. The normalized spacial score (nSPS) is 14.2. The average Bonchev–Trinajstić information content (AvgIpc) is 2.92. The van der Waals surface area contributed by atoms with Gasteiger partial charge in [-0.3, -0.25) is 4.79 Å². The number of ether oxygens (including phenoxy) is 1. The van der Waals surface area contributed by atoms with Gasteiger partial charge in [0.2, 0.25) is 5.95 Å². The molecule has 190 valence electrons. The number of carbonyl (C=O) groups excluding carboxylic acids is 1. The number of aromatic nitrogens is 2. The molecule has 0 bridgehead atoms. The van der Waals surface area contributed by atoms with Crippen LogP contribution < -0.4 is 9.64 Å². The summed E-state index contributed by atoms with van der Waals surface area (Å²) in [5.41, 5.74) is 0.603. The van der Waals surface area contributed by atoms with Gasteiger partial charge in [0.1, 0.15) is 5.75 Å². The van der Waals surface area contributed by atoms with Gasteiger partial charge in [-0.2, -0.15) is 13.2 Å². The lowest BCUT2D eigenvalue weighted by Crippen LogP contribution is -2.49. The number of amides is 1. The standard InChI is InChI=1S/C28H25F3N4O2/c1-2-37-24-11-10-19-6-3-4-9-22(19)25(24)26(36)34-14-16-35(17-15-34)27-32-13-12-23(33-27)20-7-5-8-21(18-20)28(29,30)31/h3-13,18H,2,14-17H2,1H3. The van der Waals surface area contributed by atoms with E-state index in [1.165, 1.54) is 6.07 Å². The Balaban J connectivity index is 1.34. The van der Waals surface area contributed by atoms with Crippen molar-refractivity contribution < 1.29 is 22.7 Å². The van der Waals surface area contributed by atoms with Gasteiger partial charge >= 0.3 is 6.18 Å². The maximum absolute atomic E-state index is 13.6. The van der Waals surface area contributed by atoms with Crippen molar-refractivity contribution in [2.45, 2.75) is 13.1 Å². The Morgan fingerprint density at radius 1 is 0.973 bits per heavy atom. The molecule has 1 fully saturated rings. The number of fused-ring (bicyclic) bond motifs is 1. The van der Waals surface area contributed by atoms with Crippen LogP contribution in [0, 0.1) is 0 Å². The SMILES string of the molecule is CCOc1ccc2ccccc2c1C(=O)N1CCN(c2nccc(-c3cccc(C(F)(F)F)c3)n2)CC1. The van der Waals surface area contributed by atoms with Crippen molar-refractivity contribution in [1.29, 1.82) is 0 Å². The largest absolute Gasteiger partial charge is 0.493 e. The minimum Gasteiger partial charge on any atom is -0.493 e. The molecular weight excluding hydrogens is 481 g/mol. The number of alkyl halides is 3. The van der Waals surface area contributed by atoms with Crippen molar-refractivity contribution in [1.82, 2.24) is 14.9 Å². The predicted octanol–water partition coefficient (Wildman–Crippen LogP) is 5.68. The third-order valence-electron chi connectivity index (χ3n) is 6.38. The lowest BCUT2D eigenvalue weighted by Gasteiger charge is -2.35. The van der Waals surface area contributed by atoms with Crippen LogP contribution in [0.4, 0.5) is 19.1 Å². The number of piperazine rings is 1. The highest BCUT2D eigenvalue weighted by Gasteiger charge is 2.31. The number of carbonyl (C=O) groups is 1. The van der Waals surface area contributed by atoms with Gasteiger partial charge in [-0.25, -0.2) is 9.97 Å². The number of benzene rings is 3. The third kappa shape index (κ3) is 5.07. The number of halogens is 3. The molecule has 4 aromatic rings. The van der Waals surface area contributed by atoms with Crippen LogP contribution in [0.15, 0.2) is 72.9 Å². The van der Waals surface area contributed by atoms with Crippen LogP contribution in [-0.4, -0.2) is 53.6 Å². The highest BCUT2D eigenvalue weighted by molar-refractivity contribution is 6.09. The molecular formula is C28H25F3N4O2. The van der Waals surface area contributed by atoms with E-state index >= 15 is 0 Å². The molecule has 37 heavy (non-hydrogen) atoms. The van der Waals surface area contributed by atoms with E-state index in [4.69, 9.17) is 4.74 Å². The van der Waals surface area contributed by atoms with Crippen LogP contribution >= 0.6 is 0 Å². The minimum absolute atomic E-state index is 0.0986. The molecule has 0 N–H and O–H groups in total. The number of anilines is 1. The first-order valence-corrected chi connectivity index (χ1v) is 12.0. The Morgan fingerprint density at radius 2 is 1.76 bits per heavy atom. The number of hydrogen-bond donors (Lipinski definition) is 0. The van der Waals surface area contributed by atoms with E-state index in [-0.39, 0.29) is 5.91 Å². The summed E-state index contributed by atoms with van der Waals surface area (Å²) in [6.07, 6.45) is -2.89. The smallest absolute Gasteiger partial charge is 0.416 e. The van der Waals surface area contributed by atoms with Crippen LogP contribution in [0.1, 0.15) is 22.8 Å². The maximum atomic E-state index is 13.6. The number of rotatable bonds is 5. The van der Waals surface area contributed by atoms with Gasteiger partial charge < -0.3 is 14.5 Å². The van der Waals surface area contributed by atoms with Crippen molar-refractivity contribution in [2.24, 2.45) is 0 Å². The summed E-state index contributed by atoms with van der Waals surface area (Å²) in [6, 6.07) is 18.2. The molecule has 1 aliphatic rings. The summed E-state index contributed by atoms with van der Waals surface area (Å²) < 4.78 is 45.2. The Bertz CT molecular complexity index is 1430. The predicted molar refractivity (Wildman–Crippen MR) is 136 cm³/mol. The van der Waals surface area contributed by atoms with Gasteiger partial charge in [0.05, 0.1) is 23.4 Å². The molecule has 0 spiro atoms. The molecule has 0 radical (unpaired) electrons. The van der Waals surface area contributed by atoms with E-state index in [1.54, 1.807) is 23.2 Å². The van der Waals surface area contributed by atoms with Crippen LogP contribution in [0.2, 0.25) is 0 Å². The molecule has 1 aromatic heterocycles. The monoisotopic (exact) mass is 506 g/mol. The van der Waals surface area contributed by atoms with Gasteiger partial charge in [0, 0.05) is 37.9 Å². The molecule has 9 heteroatoms. The highest BCUT2D eigenvalue weighted by atomic mass is 19.4. The van der Waals surface area contributed by atoms with E-state index in [2.05, 4.69) is 9.97 Å². The summed E-state index contributed by atoms with van der Waals surface area (Å²) in [4.78, 5) is 26.2. The first-order chi connectivity index (χ1) is 17.8. The van der Waals surface area contributed by atoms with Gasteiger partial charge in [-0.05, 0) is 42.0 Å². The quantitative estimate of drug-likeness (QED) is 0.349. The van der Waals surface area contributed by atoms with Crippen LogP contribution in [0.25, 0.3) is 22.0 Å². The summed E-state index contributed by atoms with van der Waals surface area (Å²) in [6.45, 7) is 4.22. The van der Waals surface area contributed by atoms with Crippen molar-refractivity contribution in [3.05, 3.63) is 84.1 Å². The molecule has 0 saturated carbocycles. The molecule has 3 aromatic carbocycles. The number of hydrogen-bond acceptors (Lipinski definition) is 5. The van der Waals surface area contributed by atoms with Crippen molar-refractivity contribution in [3.8, 4) is 17.0 Å². The highest BCUT2D eigenvalue weighted by Crippen LogP contribution is 2.32. The summed E-state index contributed by atoms with van der Waals surface area (Å²) in [5, 5.41) is 1.81. The molecule has 6 nitrogen and oxygen atoms in total. The number of nitrogens with zero attached hydrogens (tertiary/aromatic N) is 4. The summed E-state index contributed by atoms with van der Waals surface area (Å²) in [7, 11) is 0. The van der Waals surface area contributed by atoms with Gasteiger partial charge in [0.25, 0.3) is 5.91 Å². The summed E-state index contributed by atoms with van der Waals surface area (Å²) in [5.74, 6) is 0.881. The molecule has 0 unspecified atom stereocenters. The zero-order valence-corrected chi connectivity index (χ0v) is 20.2. The Labute approximate surface area is 212 Å². The van der Waals surface area contributed by atoms with Crippen molar-refractivity contribution in [3.63, 3.8) is 0 Å². The fraction of sp³-hybridized carbons (Fsp3) is 0.250. The lowest BCUT2D eigenvalue weighted by atomic mass is 10.0. The molecule has 1 aliphatic heterocycles. The van der Waals surface area contributed by atoms with Crippen LogP contribution in [-0.2, 0) is 6.18 Å². The van der Waals surface area contributed by atoms with Crippen LogP contribution in [0.5, 0.6) is 5.75 Å². The lowest BCUT2D eigenvalue weighted by molar-refractivity contribution is -0.137. The van der Waals surface area contributed by atoms with E-state index < -0.39 is 11.7 Å². The van der Waals surface area contributed by atoms with Gasteiger partial charge in [-0.15, -0.1) is 0 Å². The van der Waals surface area contributed by atoms with Gasteiger partial charge in [-0.1, -0.05) is 42.5 Å². The second-order valence-corrected chi connectivity index (χ2v) is 8.69. The zero-order chi connectivity index (χ0) is 26.0. The van der Waals surface area contributed by atoms with E-state index in [0.717, 1.165) is 22.9 Å². The van der Waals surface area contributed by atoms with E-state index in [9.17, 15) is 18.0 Å². The fourth-order valence-corrected chi connectivity index (χ4v) is 4.53. The first kappa shape index (κ1) is 24.5. The molecule has 1 amide bonds. The topological polar surface area (TPSA) is 58.6 Å². The van der Waals surface area contributed by atoms with Crippen molar-refractivity contribution >= 4 is 22.6 Å². The Kier molecular flexibility index (Phi) is 6.69. The molecule has 1 saturated heterocycles. The second-order valence-electron chi connectivity index (χ2n) is 8.69. The van der Waals surface area contributed by atoms with Gasteiger partial charge in [0.15, 0.2) is 0 Å². The molecule has 0 atom stereocenters. The Hall–Kier alpha value is -4.14. The molecule has 5 rings (SSSR count). The molecule has 0 aliphatic carbocycles. The third-order valence-corrected chi connectivity index (χ3v) is 6.38. The molecule has 2 heterocycles. The zero-order valence-electron chi connectivity index (χ0n) is 20.2. The minimum atomic E-state index is -4.43. The fourth-order valence-electron chi connectivity index (χ4n) is 4.53. The summed E-state index contributed by atoms with van der Waals surface area (Å²) >= 11 is 0. The van der Waals surface area contributed by atoms with E-state index in [1.807, 2.05) is 48.2 Å².